The molecule has 0 amide bonds. The lowest BCUT2D eigenvalue weighted by atomic mass is 9.74. The first-order valence-corrected chi connectivity index (χ1v) is 9.83. The Hall–Kier alpha value is -3.40. The molecule has 0 atom stereocenters. The summed E-state index contributed by atoms with van der Waals surface area (Å²) in [6, 6.07) is 12.5. The van der Waals surface area contributed by atoms with Crippen LogP contribution < -0.4 is 0 Å². The Labute approximate surface area is 175 Å². The van der Waals surface area contributed by atoms with E-state index < -0.39 is 5.41 Å². The van der Waals surface area contributed by atoms with Gasteiger partial charge in [0.25, 0.3) is 0 Å². The number of aliphatic hydroxyl groups is 1. The fourth-order valence-electron chi connectivity index (χ4n) is 4.17. The third-order valence-corrected chi connectivity index (χ3v) is 6.12. The van der Waals surface area contributed by atoms with Crippen LogP contribution in [0.1, 0.15) is 30.5 Å². The molecule has 3 aromatic rings. The lowest BCUT2D eigenvalue weighted by Crippen LogP contribution is -2.24. The molecule has 152 valence electrons. The molecule has 1 aliphatic rings. The van der Waals surface area contributed by atoms with Crippen LogP contribution in [-0.2, 0) is 17.3 Å². The molecule has 0 unspecified atom stereocenters. The normalized spacial score (nSPS) is 15.8. The second kappa shape index (κ2) is 6.84. The SMILES string of the molecule is C=C(/C=C1\C(=O)C(c2cn(C)c3ccc(F)cc23)=C1O)C(C)(C)c1ccccc1C. The zero-order valence-corrected chi connectivity index (χ0v) is 17.6. The van der Waals surface area contributed by atoms with E-state index in [1.165, 1.54) is 12.1 Å². The Morgan fingerprint density at radius 3 is 2.57 bits per heavy atom. The summed E-state index contributed by atoms with van der Waals surface area (Å²) in [5, 5.41) is 11.3. The molecule has 0 saturated carbocycles. The van der Waals surface area contributed by atoms with Crippen molar-refractivity contribution in [2.45, 2.75) is 26.2 Å². The standard InChI is InChI=1S/C26H24FNO2/c1-15-8-6-7-9-21(15)26(3,4)16(2)12-19-24(29)23(25(19)30)20-14-28(5)22-11-10-17(27)13-18(20)22/h6-14,29H,2H2,1,3-5H3/b19-12-. The van der Waals surface area contributed by atoms with E-state index in [0.29, 0.717) is 10.9 Å². The molecule has 0 saturated heterocycles. The van der Waals surface area contributed by atoms with Crippen LogP contribution in [0.25, 0.3) is 16.5 Å². The Bertz CT molecular complexity index is 1290. The van der Waals surface area contributed by atoms with Crippen LogP contribution in [0.15, 0.2) is 78.2 Å². The third kappa shape index (κ3) is 2.91. The van der Waals surface area contributed by atoms with Crippen molar-refractivity contribution < 1.29 is 14.3 Å². The van der Waals surface area contributed by atoms with Crippen molar-refractivity contribution in [1.29, 1.82) is 0 Å². The highest BCUT2D eigenvalue weighted by atomic mass is 19.1. The largest absolute Gasteiger partial charge is 0.506 e. The smallest absolute Gasteiger partial charge is 0.201 e. The first-order valence-electron chi connectivity index (χ1n) is 9.83. The summed E-state index contributed by atoms with van der Waals surface area (Å²) < 4.78 is 15.6. The van der Waals surface area contributed by atoms with Crippen LogP contribution in [0.3, 0.4) is 0 Å². The topological polar surface area (TPSA) is 42.2 Å². The van der Waals surface area contributed by atoms with Crippen molar-refractivity contribution >= 4 is 22.3 Å². The van der Waals surface area contributed by atoms with Gasteiger partial charge in [-0.1, -0.05) is 44.7 Å². The number of aryl methyl sites for hydroxylation is 2. The van der Waals surface area contributed by atoms with Gasteiger partial charge in [-0.2, -0.15) is 0 Å². The van der Waals surface area contributed by atoms with E-state index in [1.54, 1.807) is 18.3 Å². The number of benzene rings is 2. The van der Waals surface area contributed by atoms with Gasteiger partial charge in [0.2, 0.25) is 5.78 Å². The number of nitrogens with zero attached hydrogens (tertiary/aromatic N) is 1. The minimum Gasteiger partial charge on any atom is -0.506 e. The molecule has 3 nitrogen and oxygen atoms in total. The van der Waals surface area contributed by atoms with Crippen LogP contribution >= 0.6 is 0 Å². The monoisotopic (exact) mass is 401 g/mol. The van der Waals surface area contributed by atoms with Gasteiger partial charge in [-0.15, -0.1) is 0 Å². The van der Waals surface area contributed by atoms with Crippen molar-refractivity contribution in [3.63, 3.8) is 0 Å². The highest BCUT2D eigenvalue weighted by Crippen LogP contribution is 2.42. The number of halogens is 1. The van der Waals surface area contributed by atoms with Gasteiger partial charge >= 0.3 is 0 Å². The Morgan fingerprint density at radius 2 is 1.90 bits per heavy atom. The summed E-state index contributed by atoms with van der Waals surface area (Å²) in [7, 11) is 1.83. The highest BCUT2D eigenvalue weighted by molar-refractivity contribution is 6.40. The van der Waals surface area contributed by atoms with Gasteiger partial charge in [0, 0.05) is 35.1 Å². The molecule has 0 aliphatic heterocycles. The lowest BCUT2D eigenvalue weighted by molar-refractivity contribution is -0.111. The molecule has 2 aromatic carbocycles. The van der Waals surface area contributed by atoms with E-state index in [0.717, 1.165) is 22.2 Å². The van der Waals surface area contributed by atoms with E-state index >= 15 is 0 Å². The summed E-state index contributed by atoms with van der Waals surface area (Å²) in [6.45, 7) is 10.3. The summed E-state index contributed by atoms with van der Waals surface area (Å²) in [4.78, 5) is 12.9. The number of Topliss-reactive ketones (excluding diaryl/α,β-unsaturated/α-hetero) is 1. The Balaban J connectivity index is 1.75. The van der Waals surface area contributed by atoms with E-state index in [9.17, 15) is 14.3 Å². The second-order valence-corrected chi connectivity index (χ2v) is 8.39. The average molecular weight is 401 g/mol. The van der Waals surface area contributed by atoms with Gasteiger partial charge in [0.05, 0.1) is 11.1 Å². The maximum Gasteiger partial charge on any atom is 0.201 e. The van der Waals surface area contributed by atoms with E-state index in [2.05, 4.69) is 6.58 Å². The fraction of sp³-hybridized carbons (Fsp3) is 0.192. The number of carbonyl (C=O) groups excluding carboxylic acids is 1. The van der Waals surface area contributed by atoms with Crippen molar-refractivity contribution in [3.05, 3.63) is 101 Å². The van der Waals surface area contributed by atoms with Gasteiger partial charge < -0.3 is 9.67 Å². The second-order valence-electron chi connectivity index (χ2n) is 8.39. The molecule has 30 heavy (non-hydrogen) atoms. The third-order valence-electron chi connectivity index (χ3n) is 6.12. The molecule has 0 radical (unpaired) electrons. The number of allylic oxidation sites excluding steroid dienone is 4. The lowest BCUT2D eigenvalue weighted by Gasteiger charge is -2.30. The van der Waals surface area contributed by atoms with Crippen LogP contribution in [0.2, 0.25) is 0 Å². The number of fused-ring (bicyclic) bond motifs is 1. The number of hydrogen-bond acceptors (Lipinski definition) is 2. The number of carbonyl (C=O) groups is 1. The van der Waals surface area contributed by atoms with Crippen molar-refractivity contribution in [1.82, 2.24) is 4.57 Å². The number of aliphatic hydroxyl groups excluding tert-OH is 1. The number of aromatic nitrogens is 1. The van der Waals surface area contributed by atoms with Gasteiger partial charge in [0.15, 0.2) is 0 Å². The number of hydrogen-bond donors (Lipinski definition) is 1. The van der Waals surface area contributed by atoms with E-state index in [-0.39, 0.29) is 28.5 Å². The molecular formula is C26H24FNO2. The van der Waals surface area contributed by atoms with E-state index in [1.807, 2.05) is 56.7 Å². The molecule has 1 aromatic heterocycles. The van der Waals surface area contributed by atoms with Gasteiger partial charge in [0.1, 0.15) is 11.6 Å². The summed E-state index contributed by atoms with van der Waals surface area (Å²) in [5.41, 5.74) is 4.38. The van der Waals surface area contributed by atoms with Gasteiger partial charge in [-0.25, -0.2) is 4.39 Å². The minimum absolute atomic E-state index is 0.0708. The molecule has 0 spiro atoms. The first kappa shape index (κ1) is 19.9. The predicted molar refractivity (Wildman–Crippen MR) is 119 cm³/mol. The van der Waals surface area contributed by atoms with Crippen molar-refractivity contribution in [2.24, 2.45) is 7.05 Å². The molecule has 0 bridgehead atoms. The number of ketones is 1. The van der Waals surface area contributed by atoms with Gasteiger partial charge in [-0.3, -0.25) is 4.79 Å². The average Bonchev–Trinajstić information content (AvgIpc) is 3.01. The molecule has 1 aliphatic carbocycles. The molecule has 4 heteroatoms. The molecule has 1 N–H and O–H groups in total. The van der Waals surface area contributed by atoms with Crippen LogP contribution in [0.5, 0.6) is 0 Å². The summed E-state index contributed by atoms with van der Waals surface area (Å²) >= 11 is 0. The Kier molecular flexibility index (Phi) is 4.53. The fourth-order valence-corrected chi connectivity index (χ4v) is 4.17. The maximum atomic E-state index is 13.8. The quantitative estimate of drug-likeness (QED) is 0.550. The predicted octanol–water partition coefficient (Wildman–Crippen LogP) is 5.94. The highest BCUT2D eigenvalue weighted by Gasteiger charge is 2.37. The first-order chi connectivity index (χ1) is 14.1. The van der Waals surface area contributed by atoms with E-state index in [4.69, 9.17) is 0 Å². The molecule has 4 rings (SSSR count). The van der Waals surface area contributed by atoms with Crippen LogP contribution in [0.4, 0.5) is 4.39 Å². The van der Waals surface area contributed by atoms with Crippen LogP contribution in [-0.4, -0.2) is 15.5 Å². The van der Waals surface area contributed by atoms with Gasteiger partial charge in [-0.05, 0) is 47.9 Å². The van der Waals surface area contributed by atoms with Crippen molar-refractivity contribution in [2.75, 3.05) is 0 Å². The Morgan fingerprint density at radius 1 is 1.20 bits per heavy atom. The zero-order chi connectivity index (χ0) is 21.8. The zero-order valence-electron chi connectivity index (χ0n) is 17.6. The van der Waals surface area contributed by atoms with Crippen LogP contribution in [0, 0.1) is 12.7 Å². The summed E-state index contributed by atoms with van der Waals surface area (Å²) in [6.07, 6.45) is 3.41. The minimum atomic E-state index is -0.406. The number of rotatable bonds is 4. The molecule has 1 heterocycles. The summed E-state index contributed by atoms with van der Waals surface area (Å²) in [5.74, 6) is -0.713. The molecular weight excluding hydrogens is 377 g/mol. The van der Waals surface area contributed by atoms with Crippen molar-refractivity contribution in [3.8, 4) is 0 Å². The maximum absolute atomic E-state index is 13.8. The molecule has 0 fully saturated rings.